The Balaban J connectivity index is 0.000000417. The minimum atomic E-state index is -0.725. The zero-order valence-electron chi connectivity index (χ0n) is 14.1. The van der Waals surface area contributed by atoms with Crippen LogP contribution in [-0.2, 0) is 4.79 Å². The summed E-state index contributed by atoms with van der Waals surface area (Å²) in [6, 6.07) is 2.88. The fourth-order valence-corrected chi connectivity index (χ4v) is 2.64. The third-order valence-electron chi connectivity index (χ3n) is 3.13. The Bertz CT molecular complexity index is 758. The average molecular weight is 398 g/mol. The van der Waals surface area contributed by atoms with E-state index in [1.807, 2.05) is 0 Å². The van der Waals surface area contributed by atoms with Crippen LogP contribution in [0.25, 0.3) is 0 Å². The second-order valence-corrected chi connectivity index (χ2v) is 6.46. The van der Waals surface area contributed by atoms with Crippen LogP contribution in [0.4, 0.5) is 15.3 Å². The van der Waals surface area contributed by atoms with E-state index in [0.717, 1.165) is 9.80 Å². The lowest BCUT2D eigenvalue weighted by atomic mass is 10.3. The van der Waals surface area contributed by atoms with Crippen LogP contribution in [-0.4, -0.2) is 45.4 Å². The summed E-state index contributed by atoms with van der Waals surface area (Å²) in [5.41, 5.74) is 0.238. The zero-order valence-corrected chi connectivity index (χ0v) is 15.6. The zero-order chi connectivity index (χ0) is 19.3. The van der Waals surface area contributed by atoms with Gasteiger partial charge in [-0.25, -0.2) is 24.4 Å². The molecule has 3 rings (SSSR count). The molecule has 1 aromatic carbocycles. The Kier molecular flexibility index (Phi) is 6.59. The number of imide groups is 2. The van der Waals surface area contributed by atoms with Gasteiger partial charge >= 0.3 is 12.1 Å². The number of H-pyrrole nitrogens is 1. The van der Waals surface area contributed by atoms with Crippen molar-refractivity contribution in [3.05, 3.63) is 47.0 Å². The topological polar surface area (TPSA) is 98.4 Å². The van der Waals surface area contributed by atoms with Crippen molar-refractivity contribution < 1.29 is 14.4 Å². The lowest BCUT2D eigenvalue weighted by Gasteiger charge is -2.18. The molecule has 1 saturated heterocycles. The van der Waals surface area contributed by atoms with Crippen LogP contribution in [0.15, 0.2) is 36.9 Å². The number of imidazole rings is 1. The van der Waals surface area contributed by atoms with Gasteiger partial charge in [-0.3, -0.25) is 4.79 Å². The molecule has 2 heterocycles. The minimum absolute atomic E-state index is 0.143. The van der Waals surface area contributed by atoms with Crippen molar-refractivity contribution >= 4 is 46.9 Å². The van der Waals surface area contributed by atoms with E-state index in [0.29, 0.717) is 10.0 Å². The molecule has 5 amide bonds. The number of carbonyl (C=O) groups excluding carboxylic acids is 3. The summed E-state index contributed by atoms with van der Waals surface area (Å²) >= 11 is 11.7. The quantitative estimate of drug-likeness (QED) is 0.759. The first-order chi connectivity index (χ1) is 12.3. The lowest BCUT2D eigenvalue weighted by molar-refractivity contribution is -0.116. The molecule has 0 bridgehead atoms. The molecule has 1 aromatic heterocycles. The van der Waals surface area contributed by atoms with E-state index in [-0.39, 0.29) is 18.3 Å². The van der Waals surface area contributed by atoms with Gasteiger partial charge in [0, 0.05) is 28.5 Å². The molecule has 0 spiro atoms. The van der Waals surface area contributed by atoms with Crippen LogP contribution in [0.2, 0.25) is 10.0 Å². The van der Waals surface area contributed by atoms with Crippen LogP contribution < -0.4 is 10.2 Å². The van der Waals surface area contributed by atoms with Crippen molar-refractivity contribution in [1.29, 1.82) is 0 Å². The number of halogens is 2. The van der Waals surface area contributed by atoms with Crippen LogP contribution in [0.1, 0.15) is 13.8 Å². The van der Waals surface area contributed by atoms with Gasteiger partial charge in [0.05, 0.1) is 12.0 Å². The molecule has 8 nitrogen and oxygen atoms in total. The summed E-state index contributed by atoms with van der Waals surface area (Å²) in [6.45, 7) is 3.20. The smallest absolute Gasteiger partial charge is 0.340 e. The van der Waals surface area contributed by atoms with Crippen LogP contribution >= 0.6 is 23.2 Å². The van der Waals surface area contributed by atoms with Gasteiger partial charge in [0.25, 0.3) is 5.91 Å². The highest BCUT2D eigenvalue weighted by molar-refractivity contribution is 6.35. The van der Waals surface area contributed by atoms with Gasteiger partial charge in [-0.15, -0.1) is 0 Å². The van der Waals surface area contributed by atoms with E-state index >= 15 is 0 Å². The molecule has 138 valence electrons. The van der Waals surface area contributed by atoms with Gasteiger partial charge in [-0.1, -0.05) is 23.2 Å². The number of aromatic amines is 1. The Morgan fingerprint density at radius 3 is 2.35 bits per heavy atom. The number of anilines is 1. The predicted molar refractivity (Wildman–Crippen MR) is 98.3 cm³/mol. The summed E-state index contributed by atoms with van der Waals surface area (Å²) in [6.07, 6.45) is 5.08. The van der Waals surface area contributed by atoms with Gasteiger partial charge in [0.1, 0.15) is 6.54 Å². The third-order valence-corrected chi connectivity index (χ3v) is 3.57. The van der Waals surface area contributed by atoms with Gasteiger partial charge in [-0.2, -0.15) is 0 Å². The minimum Gasteiger partial charge on any atom is -0.351 e. The molecular weight excluding hydrogens is 381 g/mol. The number of rotatable bonds is 2. The number of benzene rings is 1. The van der Waals surface area contributed by atoms with E-state index in [9.17, 15) is 14.4 Å². The van der Waals surface area contributed by atoms with E-state index in [1.54, 1.807) is 32.6 Å². The first-order valence-electron chi connectivity index (χ1n) is 7.63. The molecule has 10 heteroatoms. The number of carbonyl (C=O) groups is 3. The van der Waals surface area contributed by atoms with Crippen LogP contribution in [0, 0.1) is 0 Å². The molecule has 0 atom stereocenters. The van der Waals surface area contributed by atoms with Gasteiger partial charge in [0.15, 0.2) is 0 Å². The van der Waals surface area contributed by atoms with E-state index in [1.165, 1.54) is 18.2 Å². The third kappa shape index (κ3) is 4.96. The molecule has 0 radical (unpaired) electrons. The number of urea groups is 2. The van der Waals surface area contributed by atoms with Crippen molar-refractivity contribution in [3.8, 4) is 0 Å². The van der Waals surface area contributed by atoms with Crippen molar-refractivity contribution in [1.82, 2.24) is 20.2 Å². The van der Waals surface area contributed by atoms with Gasteiger partial charge < -0.3 is 10.3 Å². The first kappa shape index (κ1) is 19.7. The molecule has 1 fully saturated rings. The summed E-state index contributed by atoms with van der Waals surface area (Å²) in [5.74, 6) is -0.516. The Labute approximate surface area is 160 Å². The predicted octanol–water partition coefficient (Wildman–Crippen LogP) is 3.29. The maximum Gasteiger partial charge on any atom is 0.340 e. The standard InChI is InChI=1S/C13H13Cl2N3O3.C3H4N2/c1-7(2)16-12(20)17-6-11(19)18(13(17)21)10-4-8(14)3-9(15)5-10;1-2-5-3-4-1/h3-5,7H,6H2,1-2H3,(H,16,20);1-3H,(H,4,5). The average Bonchev–Trinajstić information content (AvgIpc) is 3.17. The maximum absolute atomic E-state index is 12.2. The first-order valence-corrected chi connectivity index (χ1v) is 8.39. The Morgan fingerprint density at radius 2 is 1.88 bits per heavy atom. The molecule has 2 aromatic rings. The Morgan fingerprint density at radius 1 is 1.23 bits per heavy atom. The molecule has 26 heavy (non-hydrogen) atoms. The van der Waals surface area contributed by atoms with Gasteiger partial charge in [-0.05, 0) is 32.0 Å². The highest BCUT2D eigenvalue weighted by Crippen LogP contribution is 2.28. The van der Waals surface area contributed by atoms with Crippen molar-refractivity contribution in [2.24, 2.45) is 0 Å². The second kappa shape index (κ2) is 8.68. The lowest BCUT2D eigenvalue weighted by Crippen LogP contribution is -2.45. The molecular formula is C16H17Cl2N5O3. The number of hydrogen-bond donors (Lipinski definition) is 2. The Hall–Kier alpha value is -2.58. The summed E-state index contributed by atoms with van der Waals surface area (Å²) in [5, 5.41) is 3.15. The number of hydrogen-bond acceptors (Lipinski definition) is 4. The number of amides is 5. The van der Waals surface area contributed by atoms with Crippen LogP contribution in [0.3, 0.4) is 0 Å². The van der Waals surface area contributed by atoms with Crippen molar-refractivity contribution in [2.45, 2.75) is 19.9 Å². The highest BCUT2D eigenvalue weighted by Gasteiger charge is 2.41. The second-order valence-electron chi connectivity index (χ2n) is 5.59. The number of nitrogens with one attached hydrogen (secondary N) is 2. The SMILES string of the molecule is CC(C)NC(=O)N1CC(=O)N(c2cc(Cl)cc(Cl)c2)C1=O.c1c[nH]cn1. The molecule has 0 saturated carbocycles. The molecule has 1 aliphatic rings. The largest absolute Gasteiger partial charge is 0.351 e. The van der Waals surface area contributed by atoms with E-state index in [2.05, 4.69) is 15.3 Å². The summed E-state index contributed by atoms with van der Waals surface area (Å²) < 4.78 is 0. The fourth-order valence-electron chi connectivity index (χ4n) is 2.12. The molecule has 1 aliphatic heterocycles. The van der Waals surface area contributed by atoms with Crippen molar-refractivity contribution in [3.63, 3.8) is 0 Å². The maximum atomic E-state index is 12.2. The summed E-state index contributed by atoms with van der Waals surface area (Å²) in [7, 11) is 0. The monoisotopic (exact) mass is 397 g/mol. The number of nitrogens with zero attached hydrogens (tertiary/aromatic N) is 3. The highest BCUT2D eigenvalue weighted by atomic mass is 35.5. The van der Waals surface area contributed by atoms with Crippen molar-refractivity contribution in [2.75, 3.05) is 11.4 Å². The number of aromatic nitrogens is 2. The van der Waals surface area contributed by atoms with Crippen LogP contribution in [0.5, 0.6) is 0 Å². The van der Waals surface area contributed by atoms with E-state index < -0.39 is 18.0 Å². The van der Waals surface area contributed by atoms with Gasteiger partial charge in [0.2, 0.25) is 0 Å². The molecule has 2 N–H and O–H groups in total. The molecule has 0 aliphatic carbocycles. The fraction of sp³-hybridized carbons (Fsp3) is 0.250. The normalized spacial score (nSPS) is 13.7. The van der Waals surface area contributed by atoms with E-state index in [4.69, 9.17) is 23.2 Å². The summed E-state index contributed by atoms with van der Waals surface area (Å²) in [4.78, 5) is 44.3. The molecule has 0 unspecified atom stereocenters.